The van der Waals surface area contributed by atoms with Crippen molar-refractivity contribution in [2.24, 2.45) is 0 Å². The van der Waals surface area contributed by atoms with Gasteiger partial charge in [0.15, 0.2) is 5.82 Å². The van der Waals surface area contributed by atoms with Crippen molar-refractivity contribution in [1.29, 1.82) is 0 Å². The van der Waals surface area contributed by atoms with Crippen LogP contribution in [0, 0.1) is 0 Å². The Morgan fingerprint density at radius 2 is 2.25 bits per heavy atom. The highest BCUT2D eigenvalue weighted by molar-refractivity contribution is 6.33. The summed E-state index contributed by atoms with van der Waals surface area (Å²) in [7, 11) is 1.35. The van der Waals surface area contributed by atoms with Gasteiger partial charge in [-0.2, -0.15) is 0 Å². The van der Waals surface area contributed by atoms with Crippen LogP contribution in [-0.2, 0) is 0 Å². The van der Waals surface area contributed by atoms with Gasteiger partial charge in [0.2, 0.25) is 5.75 Å². The molecule has 3 N–H and O–H groups in total. The largest absolute Gasteiger partial charge is 0.489 e. The van der Waals surface area contributed by atoms with Crippen LogP contribution in [0.15, 0.2) is 29.3 Å². The van der Waals surface area contributed by atoms with Crippen LogP contribution in [0.2, 0.25) is 5.02 Å². The molecule has 8 heteroatoms. The molecular weight excluding hydrogens is 286 g/mol. The van der Waals surface area contributed by atoms with Crippen LogP contribution in [-0.4, -0.2) is 28.2 Å². The van der Waals surface area contributed by atoms with Gasteiger partial charge in [0, 0.05) is 5.69 Å². The van der Waals surface area contributed by atoms with E-state index in [1.165, 1.54) is 31.6 Å². The van der Waals surface area contributed by atoms with E-state index in [-0.39, 0.29) is 22.2 Å². The Morgan fingerprint density at radius 3 is 2.85 bits per heavy atom. The first-order chi connectivity index (χ1) is 9.52. The maximum absolute atomic E-state index is 11.5. The van der Waals surface area contributed by atoms with Crippen molar-refractivity contribution < 1.29 is 14.6 Å². The molecular formula is C12H10ClN3O4. The molecule has 2 aromatic rings. The summed E-state index contributed by atoms with van der Waals surface area (Å²) < 4.78 is 4.94. The minimum atomic E-state index is -1.12. The number of nitrogens with zero attached hydrogens (tertiary/aromatic N) is 1. The zero-order valence-corrected chi connectivity index (χ0v) is 11.1. The van der Waals surface area contributed by atoms with E-state index in [0.717, 1.165) is 0 Å². The van der Waals surface area contributed by atoms with Gasteiger partial charge in [-0.05, 0) is 18.2 Å². The van der Waals surface area contributed by atoms with Gasteiger partial charge in [-0.3, -0.25) is 4.79 Å². The Labute approximate surface area is 118 Å². The molecule has 20 heavy (non-hydrogen) atoms. The number of carboxylic acid groups (broad SMARTS) is 1. The molecule has 0 aliphatic rings. The van der Waals surface area contributed by atoms with E-state index in [1.807, 2.05) is 0 Å². The average molecular weight is 296 g/mol. The van der Waals surface area contributed by atoms with Crippen molar-refractivity contribution in [3.8, 4) is 5.75 Å². The standard InChI is InChI=1S/C12H10ClN3O4/c1-20-9-10(14-5-15-11(9)17)16-6-2-3-7(12(18)19)8(13)4-6/h2-5H,1H3,(H,18,19)(H2,14,15,16,17). The predicted octanol–water partition coefficient (Wildman–Crippen LogP) is 1.87. The molecule has 0 aliphatic heterocycles. The number of aromatic carboxylic acids is 1. The Morgan fingerprint density at radius 1 is 1.50 bits per heavy atom. The molecule has 1 aromatic carbocycles. The number of benzene rings is 1. The van der Waals surface area contributed by atoms with E-state index in [2.05, 4.69) is 15.3 Å². The normalized spacial score (nSPS) is 10.1. The van der Waals surface area contributed by atoms with E-state index < -0.39 is 11.5 Å². The average Bonchev–Trinajstić information content (AvgIpc) is 2.38. The first kappa shape index (κ1) is 13.9. The molecule has 104 valence electrons. The predicted molar refractivity (Wildman–Crippen MR) is 73.1 cm³/mol. The monoisotopic (exact) mass is 295 g/mol. The summed E-state index contributed by atoms with van der Waals surface area (Å²) in [6.45, 7) is 0. The molecule has 0 radical (unpaired) electrons. The van der Waals surface area contributed by atoms with E-state index in [1.54, 1.807) is 0 Å². The molecule has 2 rings (SSSR count). The first-order valence-corrected chi connectivity index (χ1v) is 5.82. The highest BCUT2D eigenvalue weighted by atomic mass is 35.5. The fourth-order valence-electron chi connectivity index (χ4n) is 1.57. The lowest BCUT2D eigenvalue weighted by molar-refractivity contribution is 0.0697. The quantitative estimate of drug-likeness (QED) is 0.795. The second kappa shape index (κ2) is 5.62. The fraction of sp³-hybridized carbons (Fsp3) is 0.0833. The number of hydrogen-bond donors (Lipinski definition) is 3. The molecule has 0 unspecified atom stereocenters. The van der Waals surface area contributed by atoms with E-state index in [4.69, 9.17) is 21.4 Å². The number of methoxy groups -OCH3 is 1. The minimum Gasteiger partial charge on any atom is -0.489 e. The molecule has 0 atom stereocenters. The minimum absolute atomic E-state index is 0.0111. The van der Waals surface area contributed by atoms with Crippen LogP contribution in [0.25, 0.3) is 0 Å². The van der Waals surface area contributed by atoms with Crippen LogP contribution in [0.1, 0.15) is 10.4 Å². The van der Waals surface area contributed by atoms with Gasteiger partial charge in [0.05, 0.1) is 24.0 Å². The highest BCUT2D eigenvalue weighted by Gasteiger charge is 2.12. The van der Waals surface area contributed by atoms with Crippen molar-refractivity contribution in [3.63, 3.8) is 0 Å². The number of ether oxygens (including phenoxy) is 1. The Kier molecular flexibility index (Phi) is 3.90. The number of aromatic nitrogens is 2. The third-order valence-electron chi connectivity index (χ3n) is 2.48. The molecule has 0 aliphatic carbocycles. The summed E-state index contributed by atoms with van der Waals surface area (Å²) in [5.41, 5.74) is 0.0395. The molecule has 0 amide bonds. The van der Waals surface area contributed by atoms with Crippen molar-refractivity contribution in [1.82, 2.24) is 9.97 Å². The van der Waals surface area contributed by atoms with Gasteiger partial charge in [-0.15, -0.1) is 0 Å². The summed E-state index contributed by atoms with van der Waals surface area (Å²) in [5, 5.41) is 11.8. The summed E-state index contributed by atoms with van der Waals surface area (Å²) in [6.07, 6.45) is 1.22. The third-order valence-corrected chi connectivity index (χ3v) is 2.79. The number of H-pyrrole nitrogens is 1. The van der Waals surface area contributed by atoms with Gasteiger partial charge in [0.1, 0.15) is 0 Å². The van der Waals surface area contributed by atoms with Gasteiger partial charge in [-0.1, -0.05) is 11.6 Å². The number of hydrogen-bond acceptors (Lipinski definition) is 5. The van der Waals surface area contributed by atoms with Crippen molar-refractivity contribution >= 4 is 29.1 Å². The second-order valence-corrected chi connectivity index (χ2v) is 4.15. The number of halogens is 1. The molecule has 1 heterocycles. The number of anilines is 2. The van der Waals surface area contributed by atoms with Crippen molar-refractivity contribution in [2.75, 3.05) is 12.4 Å². The van der Waals surface area contributed by atoms with Crippen molar-refractivity contribution in [2.45, 2.75) is 0 Å². The molecule has 0 fully saturated rings. The molecule has 0 spiro atoms. The molecule has 1 aromatic heterocycles. The lowest BCUT2D eigenvalue weighted by atomic mass is 10.2. The Balaban J connectivity index is 2.36. The highest BCUT2D eigenvalue weighted by Crippen LogP contribution is 2.25. The Bertz CT molecular complexity index is 714. The smallest absolute Gasteiger partial charge is 0.337 e. The van der Waals surface area contributed by atoms with Crippen LogP contribution < -0.4 is 15.6 Å². The summed E-state index contributed by atoms with van der Waals surface area (Å²) in [6, 6.07) is 4.29. The first-order valence-electron chi connectivity index (χ1n) is 5.44. The van der Waals surface area contributed by atoms with Crippen LogP contribution in [0.5, 0.6) is 5.75 Å². The van der Waals surface area contributed by atoms with Crippen LogP contribution in [0.3, 0.4) is 0 Å². The lowest BCUT2D eigenvalue weighted by Gasteiger charge is -2.09. The Hall–Kier alpha value is -2.54. The number of rotatable bonds is 4. The van der Waals surface area contributed by atoms with Gasteiger partial charge >= 0.3 is 5.97 Å². The van der Waals surface area contributed by atoms with Gasteiger partial charge in [-0.25, -0.2) is 9.78 Å². The second-order valence-electron chi connectivity index (χ2n) is 3.74. The number of aromatic amines is 1. The molecule has 0 saturated carbocycles. The molecule has 0 saturated heterocycles. The summed E-state index contributed by atoms with van der Waals surface area (Å²) >= 11 is 5.86. The number of carbonyl (C=O) groups is 1. The van der Waals surface area contributed by atoms with E-state index in [9.17, 15) is 9.59 Å². The van der Waals surface area contributed by atoms with Crippen molar-refractivity contribution in [3.05, 3.63) is 45.5 Å². The van der Waals surface area contributed by atoms with Crippen LogP contribution in [0.4, 0.5) is 11.5 Å². The van der Waals surface area contributed by atoms with E-state index in [0.29, 0.717) is 5.69 Å². The zero-order valence-electron chi connectivity index (χ0n) is 10.3. The number of nitrogens with one attached hydrogen (secondary N) is 2. The SMILES string of the molecule is COc1c(Nc2ccc(C(=O)O)c(Cl)c2)nc[nH]c1=O. The lowest BCUT2D eigenvalue weighted by Crippen LogP contribution is -2.12. The fourth-order valence-corrected chi connectivity index (χ4v) is 1.83. The number of carboxylic acids is 1. The third kappa shape index (κ3) is 2.72. The molecule has 7 nitrogen and oxygen atoms in total. The van der Waals surface area contributed by atoms with E-state index >= 15 is 0 Å². The zero-order chi connectivity index (χ0) is 14.7. The van der Waals surface area contributed by atoms with Gasteiger partial charge in [0.25, 0.3) is 5.56 Å². The summed E-state index contributed by atoms with van der Waals surface area (Å²) in [5.74, 6) is -0.894. The maximum atomic E-state index is 11.5. The molecule has 0 bridgehead atoms. The van der Waals surface area contributed by atoms with Gasteiger partial charge < -0.3 is 20.1 Å². The maximum Gasteiger partial charge on any atom is 0.337 e. The van der Waals surface area contributed by atoms with Crippen LogP contribution >= 0.6 is 11.6 Å². The topological polar surface area (TPSA) is 104 Å². The summed E-state index contributed by atoms with van der Waals surface area (Å²) in [4.78, 5) is 28.7.